The van der Waals surface area contributed by atoms with Crippen molar-refractivity contribution in [3.8, 4) is 5.75 Å². The van der Waals surface area contributed by atoms with Crippen molar-refractivity contribution in [1.29, 1.82) is 0 Å². The highest BCUT2D eigenvalue weighted by Crippen LogP contribution is 2.32. The van der Waals surface area contributed by atoms with Gasteiger partial charge in [-0.05, 0) is 35.7 Å². The molecule has 2 rings (SSSR count). The van der Waals surface area contributed by atoms with Crippen LogP contribution in [0.4, 0.5) is 0 Å². The molecule has 0 radical (unpaired) electrons. The first-order valence-electron chi connectivity index (χ1n) is 6.35. The molecule has 0 fully saturated rings. The summed E-state index contributed by atoms with van der Waals surface area (Å²) in [6.45, 7) is 4.18. The third-order valence-electron chi connectivity index (χ3n) is 3.01. The van der Waals surface area contributed by atoms with E-state index in [0.717, 1.165) is 5.56 Å². The lowest BCUT2D eigenvalue weighted by atomic mass is 10.0. The van der Waals surface area contributed by atoms with Crippen LogP contribution in [-0.2, 0) is 0 Å². The van der Waals surface area contributed by atoms with Gasteiger partial charge in [-0.2, -0.15) is 0 Å². The molecular weight excluding hydrogens is 331 g/mol. The number of halogens is 3. The number of rotatable bonds is 3. The van der Waals surface area contributed by atoms with Gasteiger partial charge in [0.05, 0.1) is 20.6 Å². The Hall–Kier alpha value is -1.22. The van der Waals surface area contributed by atoms with Crippen molar-refractivity contribution in [2.45, 2.75) is 19.8 Å². The van der Waals surface area contributed by atoms with Gasteiger partial charge in [0.15, 0.2) is 0 Å². The highest BCUT2D eigenvalue weighted by Gasteiger charge is 2.19. The van der Waals surface area contributed by atoms with Crippen molar-refractivity contribution in [3.63, 3.8) is 0 Å². The first-order valence-corrected chi connectivity index (χ1v) is 7.49. The van der Waals surface area contributed by atoms with Crippen molar-refractivity contribution < 1.29 is 9.53 Å². The van der Waals surface area contributed by atoms with Crippen LogP contribution in [0, 0.1) is 0 Å². The Labute approximate surface area is 138 Å². The molecule has 0 aliphatic carbocycles. The van der Waals surface area contributed by atoms with E-state index >= 15 is 0 Å². The highest BCUT2D eigenvalue weighted by atomic mass is 35.5. The molecule has 0 aromatic heterocycles. The van der Waals surface area contributed by atoms with Crippen LogP contribution in [0.2, 0.25) is 15.1 Å². The molecule has 0 aliphatic rings. The lowest BCUT2D eigenvalue weighted by molar-refractivity contribution is 0.0735. The molecule has 0 saturated heterocycles. The van der Waals surface area contributed by atoms with Gasteiger partial charge in [0.2, 0.25) is 0 Å². The average Bonchev–Trinajstić information content (AvgIpc) is 2.44. The maximum atomic E-state index is 12.2. The summed E-state index contributed by atoms with van der Waals surface area (Å²) in [5, 5.41) is 0.546. The third-order valence-corrected chi connectivity index (χ3v) is 4.12. The van der Waals surface area contributed by atoms with Gasteiger partial charge in [-0.1, -0.05) is 60.8 Å². The minimum atomic E-state index is -0.634. The number of ether oxygens (including phenoxy) is 1. The molecule has 0 atom stereocenters. The van der Waals surface area contributed by atoms with Crippen LogP contribution in [0.25, 0.3) is 0 Å². The number of carbonyl (C=O) groups excluding carboxylic acids is 1. The maximum Gasteiger partial charge on any atom is 0.346 e. The Kier molecular flexibility index (Phi) is 5.15. The molecule has 0 spiro atoms. The second-order valence-electron chi connectivity index (χ2n) is 4.83. The summed E-state index contributed by atoms with van der Waals surface area (Å²) in [7, 11) is 0. The van der Waals surface area contributed by atoms with Gasteiger partial charge in [0.1, 0.15) is 5.75 Å². The normalized spacial score (nSPS) is 10.8. The van der Waals surface area contributed by atoms with E-state index in [0.29, 0.717) is 11.7 Å². The molecule has 110 valence electrons. The molecule has 2 aromatic carbocycles. The number of carbonyl (C=O) groups is 1. The number of benzene rings is 2. The van der Waals surface area contributed by atoms with E-state index in [4.69, 9.17) is 39.5 Å². The summed E-state index contributed by atoms with van der Waals surface area (Å²) in [5.74, 6) is 0.202. The van der Waals surface area contributed by atoms with Gasteiger partial charge < -0.3 is 4.74 Å². The molecule has 2 aromatic rings. The van der Waals surface area contributed by atoms with Gasteiger partial charge in [-0.15, -0.1) is 0 Å². The van der Waals surface area contributed by atoms with Crippen LogP contribution in [0.15, 0.2) is 36.4 Å². The third kappa shape index (κ3) is 3.70. The Morgan fingerprint density at radius 1 is 0.952 bits per heavy atom. The zero-order valence-electron chi connectivity index (χ0n) is 11.5. The topological polar surface area (TPSA) is 26.3 Å². The van der Waals surface area contributed by atoms with Crippen molar-refractivity contribution in [3.05, 3.63) is 62.6 Å². The van der Waals surface area contributed by atoms with Crippen molar-refractivity contribution >= 4 is 40.8 Å². The largest absolute Gasteiger partial charge is 0.423 e. The molecule has 5 heteroatoms. The predicted octanol–water partition coefficient (Wildman–Crippen LogP) is 5.99. The van der Waals surface area contributed by atoms with Gasteiger partial charge >= 0.3 is 5.97 Å². The highest BCUT2D eigenvalue weighted by molar-refractivity contribution is 6.46. The Morgan fingerprint density at radius 3 is 2.10 bits per heavy atom. The molecule has 0 saturated carbocycles. The summed E-state index contributed by atoms with van der Waals surface area (Å²) in [6.07, 6.45) is 0. The molecule has 0 N–H and O–H groups in total. The summed E-state index contributed by atoms with van der Waals surface area (Å²) < 4.78 is 5.29. The molecule has 0 heterocycles. The number of esters is 1. The van der Waals surface area contributed by atoms with Crippen LogP contribution < -0.4 is 4.74 Å². The lowest BCUT2D eigenvalue weighted by Crippen LogP contribution is -2.10. The minimum absolute atomic E-state index is 0.0683. The minimum Gasteiger partial charge on any atom is -0.423 e. The van der Waals surface area contributed by atoms with E-state index in [1.807, 2.05) is 12.1 Å². The lowest BCUT2D eigenvalue weighted by Gasteiger charge is -2.10. The summed E-state index contributed by atoms with van der Waals surface area (Å²) in [4.78, 5) is 12.2. The van der Waals surface area contributed by atoms with Crippen LogP contribution >= 0.6 is 34.8 Å². The fraction of sp³-hybridized carbons (Fsp3) is 0.188. The van der Waals surface area contributed by atoms with Crippen LogP contribution in [-0.4, -0.2) is 5.97 Å². The molecule has 21 heavy (non-hydrogen) atoms. The van der Waals surface area contributed by atoms with Crippen molar-refractivity contribution in [2.24, 2.45) is 0 Å². The van der Waals surface area contributed by atoms with Gasteiger partial charge in [-0.3, -0.25) is 0 Å². The fourth-order valence-corrected chi connectivity index (χ4v) is 2.48. The predicted molar refractivity (Wildman–Crippen MR) is 87.0 cm³/mol. The summed E-state index contributed by atoms with van der Waals surface area (Å²) >= 11 is 17.9. The SMILES string of the molecule is CC(C)c1ccc(OC(=O)c2c(Cl)ccc(Cl)c2Cl)cc1. The van der Waals surface area contributed by atoms with Crippen LogP contribution in [0.3, 0.4) is 0 Å². The van der Waals surface area contributed by atoms with E-state index in [2.05, 4.69) is 13.8 Å². The van der Waals surface area contributed by atoms with E-state index in [-0.39, 0.29) is 20.6 Å². The molecule has 0 unspecified atom stereocenters. The van der Waals surface area contributed by atoms with Crippen LogP contribution in [0.1, 0.15) is 35.7 Å². The second-order valence-corrected chi connectivity index (χ2v) is 6.02. The molecular formula is C16H13Cl3O2. The Morgan fingerprint density at radius 2 is 1.52 bits per heavy atom. The van der Waals surface area contributed by atoms with E-state index in [1.165, 1.54) is 12.1 Å². The van der Waals surface area contributed by atoms with Crippen molar-refractivity contribution in [1.82, 2.24) is 0 Å². The second kappa shape index (κ2) is 6.69. The van der Waals surface area contributed by atoms with Gasteiger partial charge in [0.25, 0.3) is 0 Å². The molecule has 0 bridgehead atoms. The Balaban J connectivity index is 2.24. The van der Waals surface area contributed by atoms with E-state index in [1.54, 1.807) is 12.1 Å². The maximum absolute atomic E-state index is 12.2. The Bertz CT molecular complexity index is 664. The van der Waals surface area contributed by atoms with E-state index < -0.39 is 5.97 Å². The average molecular weight is 344 g/mol. The standard InChI is InChI=1S/C16H13Cl3O2/c1-9(2)10-3-5-11(6-4-10)21-16(20)14-12(17)7-8-13(18)15(14)19/h3-9H,1-2H3. The quantitative estimate of drug-likeness (QED) is 0.389. The summed E-state index contributed by atoms with van der Waals surface area (Å²) in [5.41, 5.74) is 1.23. The first kappa shape index (κ1) is 16.2. The summed E-state index contributed by atoms with van der Waals surface area (Å²) in [6, 6.07) is 10.3. The van der Waals surface area contributed by atoms with Gasteiger partial charge in [0, 0.05) is 0 Å². The monoisotopic (exact) mass is 342 g/mol. The van der Waals surface area contributed by atoms with Crippen molar-refractivity contribution in [2.75, 3.05) is 0 Å². The number of hydrogen-bond donors (Lipinski definition) is 0. The molecule has 2 nitrogen and oxygen atoms in total. The van der Waals surface area contributed by atoms with E-state index in [9.17, 15) is 4.79 Å². The number of hydrogen-bond acceptors (Lipinski definition) is 2. The molecule has 0 amide bonds. The fourth-order valence-electron chi connectivity index (χ4n) is 1.79. The molecule has 0 aliphatic heterocycles. The first-order chi connectivity index (χ1) is 9.90. The van der Waals surface area contributed by atoms with Gasteiger partial charge in [-0.25, -0.2) is 4.79 Å². The van der Waals surface area contributed by atoms with Crippen LogP contribution in [0.5, 0.6) is 5.75 Å². The smallest absolute Gasteiger partial charge is 0.346 e. The zero-order chi connectivity index (χ0) is 15.6. The zero-order valence-corrected chi connectivity index (χ0v) is 13.8.